The van der Waals surface area contributed by atoms with E-state index < -0.39 is 23.4 Å². The van der Waals surface area contributed by atoms with Crippen LogP contribution in [0.5, 0.6) is 0 Å². The zero-order valence-electron chi connectivity index (χ0n) is 20.1. The first-order valence-electron chi connectivity index (χ1n) is 12.3. The molecule has 0 unspecified atom stereocenters. The minimum absolute atomic E-state index is 0.0707. The number of carboxylic acids is 1. The Bertz CT molecular complexity index is 1360. The number of carboxylic acid groups (broad SMARTS) is 1. The average molecular weight is 492 g/mol. The third kappa shape index (κ3) is 4.44. The molecule has 0 aliphatic heterocycles. The number of fused-ring (bicyclic) bond motifs is 2. The van der Waals surface area contributed by atoms with Gasteiger partial charge >= 0.3 is 5.97 Å². The third-order valence-corrected chi connectivity index (χ3v) is 7.42. The topological polar surface area (TPSA) is 146 Å². The number of aromatic carboxylic acids is 1. The van der Waals surface area contributed by atoms with Crippen molar-refractivity contribution >= 4 is 23.4 Å². The predicted molar refractivity (Wildman–Crippen MR) is 130 cm³/mol. The van der Waals surface area contributed by atoms with Gasteiger partial charge in [-0.2, -0.15) is 5.10 Å². The van der Waals surface area contributed by atoms with Crippen LogP contribution in [0.4, 0.5) is 0 Å². The van der Waals surface area contributed by atoms with Gasteiger partial charge in [-0.25, -0.2) is 14.3 Å². The van der Waals surface area contributed by atoms with Gasteiger partial charge in [-0.1, -0.05) is 25.3 Å². The van der Waals surface area contributed by atoms with Gasteiger partial charge in [0.1, 0.15) is 11.4 Å². The monoisotopic (exact) mass is 491 g/mol. The van der Waals surface area contributed by atoms with Crippen molar-refractivity contribution in [3.8, 4) is 0 Å². The lowest BCUT2D eigenvalue weighted by Crippen LogP contribution is -2.44. The first-order valence-corrected chi connectivity index (χ1v) is 12.3. The highest BCUT2D eigenvalue weighted by Gasteiger charge is 2.31. The Hall–Kier alpha value is -3.79. The first kappa shape index (κ1) is 23.9. The van der Waals surface area contributed by atoms with Crippen LogP contribution in [-0.2, 0) is 6.42 Å². The number of carbonyl (C=O) groups excluding carboxylic acids is 2. The molecule has 2 amide bonds. The van der Waals surface area contributed by atoms with E-state index in [4.69, 9.17) is 0 Å². The number of carbonyl (C=O) groups is 3. The molecule has 1 saturated carbocycles. The van der Waals surface area contributed by atoms with E-state index in [9.17, 15) is 24.6 Å². The molecule has 188 valence electrons. The fraction of sp³-hybridized carbons (Fsp3) is 0.423. The van der Waals surface area contributed by atoms with E-state index in [-0.39, 0.29) is 29.5 Å². The smallest absolute Gasteiger partial charge is 0.335 e. The van der Waals surface area contributed by atoms with E-state index in [1.807, 2.05) is 0 Å². The van der Waals surface area contributed by atoms with Crippen molar-refractivity contribution in [3.05, 3.63) is 64.1 Å². The summed E-state index contributed by atoms with van der Waals surface area (Å²) in [6, 6.07) is 6.07. The number of aromatic nitrogens is 3. The number of rotatable bonds is 6. The summed E-state index contributed by atoms with van der Waals surface area (Å²) in [6.07, 6.45) is 7.05. The molecule has 1 fully saturated rings. The molecule has 10 nitrogen and oxygen atoms in total. The second kappa shape index (κ2) is 9.34. The number of nitrogens with zero attached hydrogens (tertiary/aromatic N) is 3. The lowest BCUT2D eigenvalue weighted by molar-refractivity contribution is 0.00520. The van der Waals surface area contributed by atoms with Gasteiger partial charge in [-0.3, -0.25) is 9.59 Å². The minimum Gasteiger partial charge on any atom is -0.478 e. The minimum atomic E-state index is -0.970. The van der Waals surface area contributed by atoms with Crippen molar-refractivity contribution in [2.45, 2.75) is 63.5 Å². The van der Waals surface area contributed by atoms with Gasteiger partial charge in [0.2, 0.25) is 0 Å². The number of nitrogens with one attached hydrogen (secondary N) is 2. The van der Waals surface area contributed by atoms with Gasteiger partial charge in [0.05, 0.1) is 23.4 Å². The normalized spacial score (nSPS) is 18.6. The molecule has 1 aromatic carbocycles. The lowest BCUT2D eigenvalue weighted by Gasteiger charge is -2.32. The maximum absolute atomic E-state index is 13.3. The molecule has 2 aliphatic carbocycles. The van der Waals surface area contributed by atoms with Gasteiger partial charge in [-0.15, -0.1) is 0 Å². The van der Waals surface area contributed by atoms with Crippen molar-refractivity contribution in [1.29, 1.82) is 0 Å². The third-order valence-electron chi connectivity index (χ3n) is 7.42. The molecule has 10 heteroatoms. The van der Waals surface area contributed by atoms with Gasteiger partial charge < -0.3 is 20.8 Å². The van der Waals surface area contributed by atoms with Crippen LogP contribution < -0.4 is 10.6 Å². The highest BCUT2D eigenvalue weighted by atomic mass is 16.4. The Labute approximate surface area is 207 Å². The Morgan fingerprint density at radius 2 is 1.92 bits per heavy atom. The van der Waals surface area contributed by atoms with Gasteiger partial charge in [0.25, 0.3) is 11.8 Å². The Balaban J connectivity index is 1.37. The van der Waals surface area contributed by atoms with Gasteiger partial charge in [-0.05, 0) is 55.4 Å². The van der Waals surface area contributed by atoms with Crippen LogP contribution in [0, 0.1) is 6.92 Å². The van der Waals surface area contributed by atoms with Crippen LogP contribution in [0.3, 0.4) is 0 Å². The molecule has 0 radical (unpaired) electrons. The second-order valence-corrected chi connectivity index (χ2v) is 9.77. The highest BCUT2D eigenvalue weighted by molar-refractivity contribution is 5.98. The summed E-state index contributed by atoms with van der Waals surface area (Å²) in [7, 11) is 0. The number of amides is 2. The second-order valence-electron chi connectivity index (χ2n) is 9.77. The fourth-order valence-corrected chi connectivity index (χ4v) is 5.41. The standard InChI is InChI=1S/C26H29N5O5/c1-15-16-7-8-19(18(16)6-5-17(15)25(34)35)30-24(33)21-13-20(29-22-9-12-28-31(21)22)23(32)27-14-26(36)10-3-2-4-11-26/h5-6,9,12-13,19,36H,2-4,7-8,10-11,14H2,1H3,(H,27,32)(H,30,33)(H,34,35)/t19-/m0/s1. The first-order chi connectivity index (χ1) is 17.3. The summed E-state index contributed by atoms with van der Waals surface area (Å²) in [5.41, 5.74) is 2.51. The summed E-state index contributed by atoms with van der Waals surface area (Å²) in [5.74, 6) is -1.85. The molecule has 3 aromatic rings. The van der Waals surface area contributed by atoms with Crippen molar-refractivity contribution < 1.29 is 24.6 Å². The number of hydrogen-bond acceptors (Lipinski definition) is 6. The van der Waals surface area contributed by atoms with Crippen LogP contribution in [0.15, 0.2) is 30.5 Å². The largest absolute Gasteiger partial charge is 0.478 e. The molecule has 36 heavy (non-hydrogen) atoms. The highest BCUT2D eigenvalue weighted by Crippen LogP contribution is 2.35. The molecular formula is C26H29N5O5. The zero-order valence-corrected chi connectivity index (χ0v) is 20.1. The molecule has 0 spiro atoms. The Morgan fingerprint density at radius 3 is 2.67 bits per heavy atom. The predicted octanol–water partition coefficient (Wildman–Crippen LogP) is 2.58. The molecule has 5 rings (SSSR count). The van der Waals surface area contributed by atoms with Crippen molar-refractivity contribution in [2.75, 3.05) is 6.54 Å². The summed E-state index contributed by atoms with van der Waals surface area (Å²) < 4.78 is 1.38. The van der Waals surface area contributed by atoms with Crippen molar-refractivity contribution in [3.63, 3.8) is 0 Å². The Kier molecular flexibility index (Phi) is 6.21. The van der Waals surface area contributed by atoms with E-state index >= 15 is 0 Å². The van der Waals surface area contributed by atoms with E-state index in [1.54, 1.807) is 25.1 Å². The molecule has 2 heterocycles. The summed E-state index contributed by atoms with van der Waals surface area (Å²) in [4.78, 5) is 42.1. The van der Waals surface area contributed by atoms with Crippen LogP contribution in [0.25, 0.3) is 5.65 Å². The zero-order chi connectivity index (χ0) is 25.4. The van der Waals surface area contributed by atoms with Crippen molar-refractivity contribution in [2.24, 2.45) is 0 Å². The van der Waals surface area contributed by atoms with E-state index in [0.717, 1.165) is 30.4 Å². The van der Waals surface area contributed by atoms with Crippen LogP contribution in [0.2, 0.25) is 0 Å². The average Bonchev–Trinajstić information content (AvgIpc) is 3.50. The van der Waals surface area contributed by atoms with E-state index in [2.05, 4.69) is 20.7 Å². The lowest BCUT2D eigenvalue weighted by atomic mass is 9.85. The maximum atomic E-state index is 13.3. The van der Waals surface area contributed by atoms with E-state index in [0.29, 0.717) is 36.9 Å². The van der Waals surface area contributed by atoms with Crippen molar-refractivity contribution in [1.82, 2.24) is 25.2 Å². The molecular weight excluding hydrogens is 462 g/mol. The number of hydrogen-bond donors (Lipinski definition) is 4. The van der Waals surface area contributed by atoms with E-state index in [1.165, 1.54) is 16.8 Å². The summed E-state index contributed by atoms with van der Waals surface area (Å²) >= 11 is 0. The summed E-state index contributed by atoms with van der Waals surface area (Å²) in [5, 5.41) is 30.1. The molecule has 0 saturated heterocycles. The number of benzene rings is 1. The van der Waals surface area contributed by atoms with Crippen LogP contribution >= 0.6 is 0 Å². The molecule has 2 aromatic heterocycles. The SMILES string of the molecule is Cc1c(C(=O)O)ccc2c1CC[C@@H]2NC(=O)c1cc(C(=O)NCC2(O)CCCCC2)nc2ccnn12. The van der Waals surface area contributed by atoms with Gasteiger partial charge in [0.15, 0.2) is 5.65 Å². The summed E-state index contributed by atoms with van der Waals surface area (Å²) in [6.45, 7) is 1.92. The quantitative estimate of drug-likeness (QED) is 0.414. The molecule has 0 bridgehead atoms. The van der Waals surface area contributed by atoms with Crippen LogP contribution in [-0.4, -0.2) is 54.7 Å². The number of aliphatic hydroxyl groups is 1. The van der Waals surface area contributed by atoms with Gasteiger partial charge in [0, 0.05) is 18.7 Å². The molecule has 1 atom stereocenters. The molecule has 2 aliphatic rings. The maximum Gasteiger partial charge on any atom is 0.335 e. The fourth-order valence-electron chi connectivity index (χ4n) is 5.41. The molecule has 4 N–H and O–H groups in total. The van der Waals surface area contributed by atoms with Crippen LogP contribution in [0.1, 0.15) is 92.6 Å². The Morgan fingerprint density at radius 1 is 1.14 bits per heavy atom.